The van der Waals surface area contributed by atoms with Gasteiger partial charge in [0, 0.05) is 55.0 Å². The van der Waals surface area contributed by atoms with Crippen LogP contribution in [-0.2, 0) is 25.8 Å². The van der Waals surface area contributed by atoms with E-state index in [1.54, 1.807) is 0 Å². The maximum absolute atomic E-state index is 12.2. The molecule has 0 unspecified atom stereocenters. The van der Waals surface area contributed by atoms with Crippen molar-refractivity contribution in [1.82, 2.24) is 18.8 Å². The molecule has 0 spiro atoms. The largest absolute Gasteiger partial charge is 1.00 e. The number of fused-ring (bicyclic) bond motifs is 1. The fourth-order valence-electron chi connectivity index (χ4n) is 5.26. The van der Waals surface area contributed by atoms with Gasteiger partial charge in [-0.1, -0.05) is 59.7 Å². The van der Waals surface area contributed by atoms with Crippen molar-refractivity contribution in [2.24, 2.45) is 0 Å². The van der Waals surface area contributed by atoms with Gasteiger partial charge in [-0.05, 0) is 38.0 Å². The molecule has 2 amide bonds. The van der Waals surface area contributed by atoms with E-state index in [1.165, 1.54) is 22.9 Å². The number of halogens is 1. The number of amides is 2. The highest BCUT2D eigenvalue weighted by Crippen LogP contribution is 2.36. The Morgan fingerprint density at radius 1 is 0.870 bits per heavy atom. The van der Waals surface area contributed by atoms with Crippen molar-refractivity contribution in [3.63, 3.8) is 0 Å². The lowest BCUT2D eigenvalue weighted by molar-refractivity contribution is -0.699. The van der Waals surface area contributed by atoms with Crippen molar-refractivity contribution >= 4 is 52.7 Å². The first-order valence-electron chi connectivity index (χ1n) is 14.9. The van der Waals surface area contributed by atoms with Crippen molar-refractivity contribution in [1.29, 1.82) is 0 Å². The van der Waals surface area contributed by atoms with E-state index in [-0.39, 0.29) is 36.2 Å². The van der Waals surface area contributed by atoms with Crippen LogP contribution in [0.2, 0.25) is 0 Å². The van der Waals surface area contributed by atoms with Gasteiger partial charge in [0.1, 0.15) is 17.6 Å². The number of hydrogen-bond donors (Lipinski definition) is 0. The maximum Gasteiger partial charge on any atom is 0.333 e. The van der Waals surface area contributed by atoms with E-state index in [9.17, 15) is 14.4 Å². The summed E-state index contributed by atoms with van der Waals surface area (Å²) >= 11 is 1.19. The number of rotatable bonds is 10. The number of carbonyl (C=O) groups excluding carboxylic acids is 3. The van der Waals surface area contributed by atoms with Gasteiger partial charge < -0.3 is 21.8 Å². The molecule has 1 aliphatic rings. The molecule has 11 heteroatoms. The van der Waals surface area contributed by atoms with Gasteiger partial charge in [0.05, 0.1) is 23.1 Å². The Hall–Kier alpha value is -4.61. The topological polar surface area (TPSA) is 106 Å². The lowest BCUT2D eigenvalue weighted by Crippen LogP contribution is -3.00. The molecule has 0 atom stereocenters. The van der Waals surface area contributed by atoms with E-state index >= 15 is 0 Å². The van der Waals surface area contributed by atoms with Crippen LogP contribution in [0.15, 0.2) is 72.9 Å². The minimum absolute atomic E-state index is 0. The number of carbonyl (C=O) groups is 3. The zero-order valence-electron chi connectivity index (χ0n) is 25.5. The number of hydrogen-bond acceptors (Lipinski definition) is 8. The van der Waals surface area contributed by atoms with E-state index in [0.29, 0.717) is 24.4 Å². The number of aromatic nitrogens is 4. The average Bonchev–Trinajstić information content (AvgIpc) is 3.66. The van der Waals surface area contributed by atoms with Crippen molar-refractivity contribution in [3.05, 3.63) is 95.4 Å². The zero-order valence-corrected chi connectivity index (χ0v) is 27.9. The number of aryl methyl sites for hydroxylation is 3. The Balaban J connectivity index is 0.00000417. The Kier molecular flexibility index (Phi) is 10.4. The highest BCUT2D eigenvalue weighted by atomic mass is 79.9. The van der Waals surface area contributed by atoms with Crippen LogP contribution in [0, 0.1) is 13.8 Å². The SMILES string of the molecule is Cc1ccc(-c2nc(/C=C/c3cccc[n+]3CCCCC(=O)ON3C(=O)CCC3=O)c(-c3ccc(C)cc3)c3nsnc23)cc1.[Br-]. The molecule has 3 aromatic heterocycles. The van der Waals surface area contributed by atoms with Crippen molar-refractivity contribution < 1.29 is 40.8 Å². The number of benzene rings is 2. The van der Waals surface area contributed by atoms with Crippen LogP contribution in [0.4, 0.5) is 0 Å². The standard InChI is InChI=1S/C35H32N5O4S.BrH/c1-23-9-13-25(14-10-23)32-28(36-33(35-34(32)37-45-38-35)26-15-11-24(2)12-16-26)18-17-27-7-3-5-21-39(27)22-6-4-8-31(43)44-40-29(41)19-20-30(40)42;/h3,5,7,9-18,21H,4,6,8,19-20,22H2,1-2H3;1H/q+1;/p-1/b18-17+;. The predicted molar refractivity (Wildman–Crippen MR) is 172 cm³/mol. The molecule has 0 saturated carbocycles. The molecule has 6 rings (SSSR count). The molecule has 1 aliphatic heterocycles. The van der Waals surface area contributed by atoms with E-state index in [2.05, 4.69) is 71.3 Å². The zero-order chi connectivity index (χ0) is 31.3. The summed E-state index contributed by atoms with van der Waals surface area (Å²) in [6.07, 6.45) is 7.60. The lowest BCUT2D eigenvalue weighted by Gasteiger charge is -2.12. The quantitative estimate of drug-likeness (QED) is 0.125. The normalized spacial score (nSPS) is 13.0. The van der Waals surface area contributed by atoms with E-state index in [0.717, 1.165) is 44.8 Å². The monoisotopic (exact) mass is 697 g/mol. The van der Waals surface area contributed by atoms with Crippen molar-refractivity contribution in [2.45, 2.75) is 52.5 Å². The highest BCUT2D eigenvalue weighted by molar-refractivity contribution is 7.00. The molecule has 5 aromatic rings. The van der Waals surface area contributed by atoms with Gasteiger partial charge in [-0.15, -0.1) is 5.06 Å². The summed E-state index contributed by atoms with van der Waals surface area (Å²) in [5, 5.41) is 0.597. The maximum atomic E-state index is 12.2. The molecule has 234 valence electrons. The van der Waals surface area contributed by atoms with Crippen LogP contribution in [0.25, 0.3) is 45.6 Å². The molecule has 0 N–H and O–H groups in total. The van der Waals surface area contributed by atoms with Crippen LogP contribution < -0.4 is 21.5 Å². The minimum Gasteiger partial charge on any atom is -1.00 e. The first-order chi connectivity index (χ1) is 21.9. The molecule has 46 heavy (non-hydrogen) atoms. The lowest BCUT2D eigenvalue weighted by atomic mass is 9.98. The van der Waals surface area contributed by atoms with Crippen LogP contribution in [0.1, 0.15) is 54.6 Å². The molecule has 1 saturated heterocycles. The van der Waals surface area contributed by atoms with Gasteiger partial charge in [-0.3, -0.25) is 9.59 Å². The molecule has 1 fully saturated rings. The fourth-order valence-corrected chi connectivity index (χ4v) is 5.82. The molecule has 0 radical (unpaired) electrons. The summed E-state index contributed by atoms with van der Waals surface area (Å²) in [5.41, 5.74) is 9.43. The highest BCUT2D eigenvalue weighted by Gasteiger charge is 2.32. The number of hydroxylamine groups is 2. The van der Waals surface area contributed by atoms with Gasteiger partial charge in [-0.2, -0.15) is 13.3 Å². The number of nitrogens with zero attached hydrogens (tertiary/aromatic N) is 5. The Bertz CT molecular complexity index is 1910. The molecule has 0 bridgehead atoms. The van der Waals surface area contributed by atoms with Gasteiger partial charge >= 0.3 is 5.97 Å². The Morgan fingerprint density at radius 2 is 1.52 bits per heavy atom. The first kappa shape index (κ1) is 32.8. The Morgan fingerprint density at radius 3 is 2.22 bits per heavy atom. The number of imide groups is 1. The summed E-state index contributed by atoms with van der Waals surface area (Å²) in [7, 11) is 0. The third kappa shape index (κ3) is 7.27. The fraction of sp³-hybridized carbons (Fsp3) is 0.229. The predicted octanol–water partition coefficient (Wildman–Crippen LogP) is 3.28. The summed E-state index contributed by atoms with van der Waals surface area (Å²) in [6, 6.07) is 22.6. The average molecular weight is 699 g/mol. The molecular formula is C35H32BrN5O4S. The second-order valence-corrected chi connectivity index (χ2v) is 11.6. The van der Waals surface area contributed by atoms with E-state index < -0.39 is 17.8 Å². The second kappa shape index (κ2) is 14.7. The molecule has 2 aromatic carbocycles. The third-order valence-electron chi connectivity index (χ3n) is 7.72. The summed E-state index contributed by atoms with van der Waals surface area (Å²) in [6.45, 7) is 4.79. The van der Waals surface area contributed by atoms with Crippen LogP contribution in [-0.4, -0.2) is 36.6 Å². The van der Waals surface area contributed by atoms with Crippen LogP contribution in [0.5, 0.6) is 0 Å². The number of unbranched alkanes of at least 4 members (excludes halogenated alkanes) is 1. The van der Waals surface area contributed by atoms with Crippen molar-refractivity contribution in [3.8, 4) is 22.4 Å². The number of pyridine rings is 2. The minimum atomic E-state index is -0.581. The van der Waals surface area contributed by atoms with Gasteiger partial charge in [-0.25, -0.2) is 9.78 Å². The van der Waals surface area contributed by atoms with Crippen LogP contribution in [0.3, 0.4) is 0 Å². The third-order valence-corrected chi connectivity index (χ3v) is 8.25. The van der Waals surface area contributed by atoms with Gasteiger partial charge in [0.15, 0.2) is 6.20 Å². The molecule has 0 aliphatic carbocycles. The summed E-state index contributed by atoms with van der Waals surface area (Å²) < 4.78 is 11.5. The van der Waals surface area contributed by atoms with Crippen molar-refractivity contribution in [2.75, 3.05) is 0 Å². The second-order valence-electron chi connectivity index (χ2n) is 11.1. The summed E-state index contributed by atoms with van der Waals surface area (Å²) in [5.74, 6) is -1.52. The smallest absolute Gasteiger partial charge is 0.333 e. The first-order valence-corrected chi connectivity index (χ1v) is 15.6. The molecule has 4 heterocycles. The van der Waals surface area contributed by atoms with Gasteiger partial charge in [0.2, 0.25) is 5.69 Å². The molecule has 9 nitrogen and oxygen atoms in total. The van der Waals surface area contributed by atoms with E-state index in [4.69, 9.17) is 14.2 Å². The Labute approximate surface area is 281 Å². The van der Waals surface area contributed by atoms with Crippen LogP contribution >= 0.6 is 11.7 Å². The van der Waals surface area contributed by atoms with E-state index in [1.807, 2.05) is 36.5 Å². The molecular weight excluding hydrogens is 666 g/mol. The van der Waals surface area contributed by atoms with Gasteiger partial charge in [0.25, 0.3) is 11.8 Å². The summed E-state index contributed by atoms with van der Waals surface area (Å²) in [4.78, 5) is 45.8.